The Morgan fingerprint density at radius 3 is 2.50 bits per heavy atom. The van der Waals surface area contributed by atoms with Crippen molar-refractivity contribution in [1.29, 1.82) is 0 Å². The molecule has 1 aliphatic heterocycles. The van der Waals surface area contributed by atoms with E-state index in [2.05, 4.69) is 22.3 Å². The summed E-state index contributed by atoms with van der Waals surface area (Å²) >= 11 is 0. The molecule has 3 aromatic rings. The van der Waals surface area contributed by atoms with Crippen molar-refractivity contribution in [3.05, 3.63) is 71.8 Å². The van der Waals surface area contributed by atoms with Gasteiger partial charge in [0, 0.05) is 28.1 Å². The molecule has 3 N–H and O–H groups in total. The van der Waals surface area contributed by atoms with E-state index >= 15 is 0 Å². The van der Waals surface area contributed by atoms with Gasteiger partial charge >= 0.3 is 0 Å². The molecule has 0 unspecified atom stereocenters. The number of hydrogen-bond donors (Lipinski definition) is 3. The van der Waals surface area contributed by atoms with Gasteiger partial charge in [-0.05, 0) is 56.1 Å². The fourth-order valence-electron chi connectivity index (χ4n) is 4.40. The number of aryl methyl sites for hydroxylation is 1. The summed E-state index contributed by atoms with van der Waals surface area (Å²) in [5, 5.41) is 7.57. The fourth-order valence-corrected chi connectivity index (χ4v) is 5.95. The second-order valence-electron chi connectivity index (χ2n) is 8.31. The minimum absolute atomic E-state index is 0.0922. The number of nitrogens with one attached hydrogen (secondary N) is 3. The molecule has 1 fully saturated rings. The number of benzene rings is 3. The number of sulfonamides is 1. The lowest BCUT2D eigenvalue weighted by atomic mass is 9.92. The fraction of sp³-hybridized carbons (Fsp3) is 0.320. The van der Waals surface area contributed by atoms with Gasteiger partial charge in [0.25, 0.3) is 5.91 Å². The first-order chi connectivity index (χ1) is 15.4. The summed E-state index contributed by atoms with van der Waals surface area (Å²) < 4.78 is 29.7. The number of fused-ring (bicyclic) bond motifs is 1. The van der Waals surface area contributed by atoms with Crippen molar-refractivity contribution in [3.63, 3.8) is 0 Å². The highest BCUT2D eigenvalue weighted by Crippen LogP contribution is 2.31. The maximum Gasteiger partial charge on any atom is 0.255 e. The molecule has 1 heterocycles. The molecule has 0 spiro atoms. The number of carbonyl (C=O) groups is 1. The Bertz CT molecular complexity index is 1240. The molecule has 2 atom stereocenters. The van der Waals surface area contributed by atoms with Crippen LogP contribution in [0.15, 0.2) is 65.6 Å². The number of anilines is 1. The first kappa shape index (κ1) is 22.5. The molecule has 168 valence electrons. The predicted octanol–water partition coefficient (Wildman–Crippen LogP) is 4.07. The molecule has 1 saturated heterocycles. The maximum absolute atomic E-state index is 13.4. The maximum atomic E-state index is 13.4. The topological polar surface area (TPSA) is 87.3 Å². The van der Waals surface area contributed by atoms with Gasteiger partial charge in [-0.2, -0.15) is 0 Å². The van der Waals surface area contributed by atoms with Crippen LogP contribution in [0.3, 0.4) is 0 Å². The van der Waals surface area contributed by atoms with Gasteiger partial charge < -0.3 is 10.6 Å². The van der Waals surface area contributed by atoms with Crippen molar-refractivity contribution >= 4 is 32.4 Å². The van der Waals surface area contributed by atoms with Gasteiger partial charge in [0.2, 0.25) is 10.0 Å². The Labute approximate surface area is 189 Å². The van der Waals surface area contributed by atoms with Crippen LogP contribution in [-0.2, 0) is 10.0 Å². The zero-order chi connectivity index (χ0) is 22.7. The number of hydrogen-bond acceptors (Lipinski definition) is 4. The molecular formula is C25H29N3O3S. The molecule has 0 bridgehead atoms. The number of piperidine rings is 1. The van der Waals surface area contributed by atoms with E-state index < -0.39 is 10.0 Å². The SMILES string of the molecule is CC[C@H]1CNCC[C@@H]1NS(=O)(=O)c1ccc(NC(=O)c2ccccc2C)c2ccccc12. The Balaban J connectivity index is 1.67. The summed E-state index contributed by atoms with van der Waals surface area (Å²) in [6.45, 7) is 5.58. The predicted molar refractivity (Wildman–Crippen MR) is 128 cm³/mol. The lowest BCUT2D eigenvalue weighted by Crippen LogP contribution is -2.49. The van der Waals surface area contributed by atoms with Crippen molar-refractivity contribution in [1.82, 2.24) is 10.0 Å². The van der Waals surface area contributed by atoms with Crippen LogP contribution in [0.1, 0.15) is 35.7 Å². The average Bonchev–Trinajstić information content (AvgIpc) is 2.79. The molecule has 0 aliphatic carbocycles. The van der Waals surface area contributed by atoms with Gasteiger partial charge in [-0.1, -0.05) is 55.8 Å². The first-order valence-electron chi connectivity index (χ1n) is 11.0. The van der Waals surface area contributed by atoms with E-state index in [1.165, 1.54) is 0 Å². The molecule has 3 aromatic carbocycles. The molecule has 7 heteroatoms. The zero-order valence-electron chi connectivity index (χ0n) is 18.4. The third-order valence-corrected chi connectivity index (χ3v) is 7.80. The van der Waals surface area contributed by atoms with E-state index in [9.17, 15) is 13.2 Å². The van der Waals surface area contributed by atoms with Crippen molar-refractivity contribution in [2.45, 2.75) is 37.6 Å². The van der Waals surface area contributed by atoms with Crippen LogP contribution < -0.4 is 15.4 Å². The van der Waals surface area contributed by atoms with Crippen LogP contribution in [0.5, 0.6) is 0 Å². The third kappa shape index (κ3) is 4.55. The van der Waals surface area contributed by atoms with E-state index in [1.807, 2.05) is 43.3 Å². The van der Waals surface area contributed by atoms with E-state index in [0.29, 0.717) is 22.0 Å². The second kappa shape index (κ2) is 9.40. The van der Waals surface area contributed by atoms with E-state index in [4.69, 9.17) is 0 Å². The smallest absolute Gasteiger partial charge is 0.255 e. The number of carbonyl (C=O) groups excluding carboxylic acids is 1. The Morgan fingerprint density at radius 2 is 1.75 bits per heavy atom. The second-order valence-corrected chi connectivity index (χ2v) is 10.00. The monoisotopic (exact) mass is 451 g/mol. The summed E-state index contributed by atoms with van der Waals surface area (Å²) in [6, 6.07) is 17.8. The summed E-state index contributed by atoms with van der Waals surface area (Å²) in [7, 11) is -3.72. The highest BCUT2D eigenvalue weighted by atomic mass is 32.2. The van der Waals surface area contributed by atoms with Gasteiger partial charge in [-0.15, -0.1) is 0 Å². The minimum atomic E-state index is -3.72. The lowest BCUT2D eigenvalue weighted by molar-refractivity contribution is 0.102. The number of amides is 1. The van der Waals surface area contributed by atoms with E-state index in [-0.39, 0.29) is 22.8 Å². The summed E-state index contributed by atoms with van der Waals surface area (Å²) in [4.78, 5) is 13.1. The van der Waals surface area contributed by atoms with E-state index in [1.54, 1.807) is 24.3 Å². The standard InChI is InChI=1S/C25H29N3O3S/c1-3-18-16-26-15-14-22(18)28-32(30,31)24-13-12-23(20-10-6-7-11-21(20)24)27-25(29)19-9-5-4-8-17(19)2/h4-13,18,22,26,28H,3,14-16H2,1-2H3,(H,27,29)/t18-,22-/m0/s1. The van der Waals surface area contributed by atoms with Crippen LogP contribution >= 0.6 is 0 Å². The third-order valence-electron chi connectivity index (χ3n) is 6.25. The normalized spacial score (nSPS) is 19.1. The quantitative estimate of drug-likeness (QED) is 0.527. The van der Waals surface area contributed by atoms with Gasteiger partial charge in [-0.25, -0.2) is 13.1 Å². The molecule has 0 saturated carbocycles. The molecule has 1 amide bonds. The minimum Gasteiger partial charge on any atom is -0.321 e. The molecule has 32 heavy (non-hydrogen) atoms. The van der Waals surface area contributed by atoms with Crippen molar-refractivity contribution < 1.29 is 13.2 Å². The van der Waals surface area contributed by atoms with Crippen molar-refractivity contribution in [2.75, 3.05) is 18.4 Å². The Morgan fingerprint density at radius 1 is 1.03 bits per heavy atom. The van der Waals surface area contributed by atoms with Crippen LogP contribution in [0, 0.1) is 12.8 Å². The summed E-state index contributed by atoms with van der Waals surface area (Å²) in [6.07, 6.45) is 1.67. The first-order valence-corrected chi connectivity index (χ1v) is 12.5. The summed E-state index contributed by atoms with van der Waals surface area (Å²) in [5.74, 6) is 0.0416. The lowest BCUT2D eigenvalue weighted by Gasteiger charge is -2.32. The highest BCUT2D eigenvalue weighted by Gasteiger charge is 2.29. The Kier molecular flexibility index (Phi) is 6.60. The van der Waals surface area contributed by atoms with Gasteiger partial charge in [0.1, 0.15) is 0 Å². The molecule has 1 aliphatic rings. The van der Waals surface area contributed by atoms with Crippen LogP contribution in [-0.4, -0.2) is 33.5 Å². The van der Waals surface area contributed by atoms with Crippen LogP contribution in [0.4, 0.5) is 5.69 Å². The van der Waals surface area contributed by atoms with Gasteiger partial charge in [-0.3, -0.25) is 4.79 Å². The van der Waals surface area contributed by atoms with Crippen molar-refractivity contribution in [3.8, 4) is 0 Å². The molecule has 6 nitrogen and oxygen atoms in total. The zero-order valence-corrected chi connectivity index (χ0v) is 19.2. The largest absolute Gasteiger partial charge is 0.321 e. The van der Waals surface area contributed by atoms with Crippen molar-refractivity contribution in [2.24, 2.45) is 5.92 Å². The van der Waals surface area contributed by atoms with Gasteiger partial charge in [0.15, 0.2) is 0 Å². The molecule has 4 rings (SSSR count). The van der Waals surface area contributed by atoms with Crippen LogP contribution in [0.25, 0.3) is 10.8 Å². The van der Waals surface area contributed by atoms with E-state index in [0.717, 1.165) is 31.5 Å². The van der Waals surface area contributed by atoms with Gasteiger partial charge in [0.05, 0.1) is 4.90 Å². The molecular weight excluding hydrogens is 422 g/mol. The average molecular weight is 452 g/mol. The Hall–Kier alpha value is -2.74. The molecule has 0 radical (unpaired) electrons. The molecule has 0 aromatic heterocycles. The summed E-state index contributed by atoms with van der Waals surface area (Å²) in [5.41, 5.74) is 2.05. The van der Waals surface area contributed by atoms with Crippen LogP contribution in [0.2, 0.25) is 0 Å². The highest BCUT2D eigenvalue weighted by molar-refractivity contribution is 7.89. The number of rotatable bonds is 6.